The van der Waals surface area contributed by atoms with Crippen LogP contribution in [0.4, 0.5) is 0 Å². The number of hydrogen-bond acceptors (Lipinski definition) is 3. The van der Waals surface area contributed by atoms with E-state index in [9.17, 15) is 4.79 Å². The fourth-order valence-corrected chi connectivity index (χ4v) is 2.44. The molecule has 0 aliphatic carbocycles. The Morgan fingerprint density at radius 3 is 2.94 bits per heavy atom. The summed E-state index contributed by atoms with van der Waals surface area (Å²) < 4.78 is 4.99. The zero-order valence-corrected chi connectivity index (χ0v) is 11.8. The Hall–Kier alpha value is -0.610. The van der Waals surface area contributed by atoms with Gasteiger partial charge < -0.3 is 15.4 Å². The van der Waals surface area contributed by atoms with Crippen molar-refractivity contribution in [2.75, 3.05) is 26.8 Å². The topological polar surface area (TPSA) is 50.4 Å². The van der Waals surface area contributed by atoms with Crippen LogP contribution in [0.25, 0.3) is 0 Å². The molecule has 1 aliphatic rings. The molecule has 0 radical (unpaired) electrons. The maximum atomic E-state index is 11.8. The zero-order chi connectivity index (χ0) is 13.2. The van der Waals surface area contributed by atoms with Gasteiger partial charge in [-0.2, -0.15) is 0 Å². The van der Waals surface area contributed by atoms with E-state index in [2.05, 4.69) is 17.6 Å². The van der Waals surface area contributed by atoms with Crippen molar-refractivity contribution in [2.45, 2.75) is 51.5 Å². The van der Waals surface area contributed by atoms with Crippen molar-refractivity contribution in [2.24, 2.45) is 5.92 Å². The Bertz CT molecular complexity index is 234. The normalized spacial score (nSPS) is 23.9. The molecule has 1 saturated heterocycles. The van der Waals surface area contributed by atoms with Crippen LogP contribution in [-0.2, 0) is 9.53 Å². The van der Waals surface area contributed by atoms with Crippen molar-refractivity contribution in [3.8, 4) is 0 Å². The fraction of sp³-hybridized carbons (Fsp3) is 0.929. The molecule has 1 fully saturated rings. The second-order valence-electron chi connectivity index (χ2n) is 5.29. The average molecular weight is 256 g/mol. The highest BCUT2D eigenvalue weighted by Gasteiger charge is 2.22. The first-order valence-electron chi connectivity index (χ1n) is 7.23. The first kappa shape index (κ1) is 15.4. The first-order chi connectivity index (χ1) is 8.74. The molecule has 18 heavy (non-hydrogen) atoms. The van der Waals surface area contributed by atoms with Gasteiger partial charge in [0.15, 0.2) is 0 Å². The summed E-state index contributed by atoms with van der Waals surface area (Å²) in [7, 11) is 1.72. The standard InChI is InChI=1S/C14H28N2O2/c1-12-7-6-9-15-13(12)11-14(17)16-8-4-3-5-10-18-2/h12-13,15H,3-11H2,1-2H3,(H,16,17). The molecular formula is C14H28N2O2. The van der Waals surface area contributed by atoms with Crippen LogP contribution in [0.5, 0.6) is 0 Å². The highest BCUT2D eigenvalue weighted by Crippen LogP contribution is 2.17. The quantitative estimate of drug-likeness (QED) is 0.650. The lowest BCUT2D eigenvalue weighted by Crippen LogP contribution is -2.43. The number of amides is 1. The van der Waals surface area contributed by atoms with Gasteiger partial charge in [-0.1, -0.05) is 6.92 Å². The van der Waals surface area contributed by atoms with Crippen molar-refractivity contribution in [3.05, 3.63) is 0 Å². The third kappa shape index (κ3) is 6.36. The van der Waals surface area contributed by atoms with Crippen molar-refractivity contribution in [1.29, 1.82) is 0 Å². The van der Waals surface area contributed by atoms with Gasteiger partial charge in [0.2, 0.25) is 5.91 Å². The van der Waals surface area contributed by atoms with Crippen LogP contribution in [0.15, 0.2) is 0 Å². The van der Waals surface area contributed by atoms with E-state index in [1.54, 1.807) is 7.11 Å². The van der Waals surface area contributed by atoms with Gasteiger partial charge in [0, 0.05) is 32.7 Å². The van der Waals surface area contributed by atoms with Crippen LogP contribution < -0.4 is 10.6 Å². The number of unbranched alkanes of at least 4 members (excludes halogenated alkanes) is 2. The molecule has 1 rings (SSSR count). The summed E-state index contributed by atoms with van der Waals surface area (Å²) in [4.78, 5) is 11.8. The van der Waals surface area contributed by atoms with Crippen molar-refractivity contribution in [1.82, 2.24) is 10.6 Å². The zero-order valence-electron chi connectivity index (χ0n) is 11.8. The first-order valence-corrected chi connectivity index (χ1v) is 7.23. The van der Waals surface area contributed by atoms with Gasteiger partial charge in [-0.25, -0.2) is 0 Å². The van der Waals surface area contributed by atoms with Gasteiger partial charge in [0.05, 0.1) is 0 Å². The highest BCUT2D eigenvalue weighted by molar-refractivity contribution is 5.76. The smallest absolute Gasteiger partial charge is 0.221 e. The Morgan fingerprint density at radius 1 is 1.39 bits per heavy atom. The van der Waals surface area contributed by atoms with E-state index in [0.29, 0.717) is 18.4 Å². The van der Waals surface area contributed by atoms with E-state index >= 15 is 0 Å². The number of rotatable bonds is 8. The summed E-state index contributed by atoms with van der Waals surface area (Å²) in [6.45, 7) is 4.90. The number of nitrogens with one attached hydrogen (secondary N) is 2. The third-order valence-electron chi connectivity index (χ3n) is 3.68. The number of carbonyl (C=O) groups excluding carboxylic acids is 1. The minimum absolute atomic E-state index is 0.188. The van der Waals surface area contributed by atoms with E-state index in [4.69, 9.17) is 4.74 Å². The lowest BCUT2D eigenvalue weighted by atomic mass is 9.90. The lowest BCUT2D eigenvalue weighted by molar-refractivity contribution is -0.122. The van der Waals surface area contributed by atoms with E-state index < -0.39 is 0 Å². The average Bonchev–Trinajstić information content (AvgIpc) is 2.36. The Balaban J connectivity index is 2.02. The second-order valence-corrected chi connectivity index (χ2v) is 5.29. The van der Waals surface area contributed by atoms with Gasteiger partial charge >= 0.3 is 0 Å². The molecule has 1 aliphatic heterocycles. The summed E-state index contributed by atoms with van der Waals surface area (Å²) in [6, 6.07) is 0.368. The molecule has 106 valence electrons. The van der Waals surface area contributed by atoms with E-state index in [1.807, 2.05) is 0 Å². The molecule has 2 N–H and O–H groups in total. The highest BCUT2D eigenvalue weighted by atomic mass is 16.5. The molecule has 4 heteroatoms. The van der Waals surface area contributed by atoms with E-state index in [-0.39, 0.29) is 5.91 Å². The summed E-state index contributed by atoms with van der Waals surface area (Å²) in [5, 5.41) is 6.45. The molecule has 0 bridgehead atoms. The molecule has 0 aromatic carbocycles. The number of piperidine rings is 1. The van der Waals surface area contributed by atoms with Gasteiger partial charge in [-0.05, 0) is 44.6 Å². The van der Waals surface area contributed by atoms with Crippen LogP contribution in [0.3, 0.4) is 0 Å². The Labute approximate surface area is 111 Å². The van der Waals surface area contributed by atoms with Gasteiger partial charge in [0.25, 0.3) is 0 Å². The molecule has 1 amide bonds. The summed E-state index contributed by atoms with van der Waals surface area (Å²) in [5.41, 5.74) is 0. The largest absolute Gasteiger partial charge is 0.385 e. The predicted molar refractivity (Wildman–Crippen MR) is 73.5 cm³/mol. The van der Waals surface area contributed by atoms with Crippen LogP contribution in [0.1, 0.15) is 45.4 Å². The number of methoxy groups -OCH3 is 1. The number of carbonyl (C=O) groups is 1. The summed E-state index contributed by atoms with van der Waals surface area (Å²) >= 11 is 0. The lowest BCUT2D eigenvalue weighted by Gasteiger charge is -2.29. The number of ether oxygens (including phenoxy) is 1. The van der Waals surface area contributed by atoms with Crippen LogP contribution in [-0.4, -0.2) is 38.8 Å². The van der Waals surface area contributed by atoms with Gasteiger partial charge in [-0.3, -0.25) is 4.79 Å². The van der Waals surface area contributed by atoms with Crippen molar-refractivity contribution in [3.63, 3.8) is 0 Å². The molecule has 4 nitrogen and oxygen atoms in total. The van der Waals surface area contributed by atoms with Crippen LogP contribution in [0, 0.1) is 5.92 Å². The Morgan fingerprint density at radius 2 is 2.22 bits per heavy atom. The monoisotopic (exact) mass is 256 g/mol. The molecule has 2 unspecified atom stereocenters. The molecule has 0 saturated carbocycles. The molecule has 2 atom stereocenters. The van der Waals surface area contributed by atoms with Gasteiger partial charge in [0.1, 0.15) is 0 Å². The summed E-state index contributed by atoms with van der Waals surface area (Å²) in [6.07, 6.45) is 6.34. The minimum atomic E-state index is 0.188. The maximum absolute atomic E-state index is 11.8. The SMILES string of the molecule is COCCCCCNC(=O)CC1NCCCC1C. The summed E-state index contributed by atoms with van der Waals surface area (Å²) in [5.74, 6) is 0.805. The van der Waals surface area contributed by atoms with Crippen molar-refractivity contribution < 1.29 is 9.53 Å². The molecule has 0 aromatic rings. The number of hydrogen-bond donors (Lipinski definition) is 2. The maximum Gasteiger partial charge on any atom is 0.221 e. The van der Waals surface area contributed by atoms with E-state index in [0.717, 1.165) is 39.0 Å². The molecule has 1 heterocycles. The van der Waals surface area contributed by atoms with Crippen LogP contribution in [0.2, 0.25) is 0 Å². The van der Waals surface area contributed by atoms with Crippen LogP contribution >= 0.6 is 0 Å². The Kier molecular flexibility index (Phi) is 8.01. The molecule has 0 aromatic heterocycles. The predicted octanol–water partition coefficient (Wildman–Crippen LogP) is 1.70. The minimum Gasteiger partial charge on any atom is -0.385 e. The van der Waals surface area contributed by atoms with E-state index in [1.165, 1.54) is 12.8 Å². The third-order valence-corrected chi connectivity index (χ3v) is 3.68. The second kappa shape index (κ2) is 9.34. The fourth-order valence-electron chi connectivity index (χ4n) is 2.44. The van der Waals surface area contributed by atoms with Gasteiger partial charge in [-0.15, -0.1) is 0 Å². The molecule has 0 spiro atoms. The molecular weight excluding hydrogens is 228 g/mol. The van der Waals surface area contributed by atoms with Crippen molar-refractivity contribution >= 4 is 5.91 Å².